The molecule has 7 nitrogen and oxygen atoms in total. The lowest BCUT2D eigenvalue weighted by Gasteiger charge is -1.96. The van der Waals surface area contributed by atoms with Gasteiger partial charge in [0.2, 0.25) is 17.7 Å². The summed E-state index contributed by atoms with van der Waals surface area (Å²) >= 11 is 1.34. The molecule has 0 radical (unpaired) electrons. The van der Waals surface area contributed by atoms with E-state index in [4.69, 9.17) is 4.42 Å². The highest BCUT2D eigenvalue weighted by Gasteiger charge is 2.15. The van der Waals surface area contributed by atoms with Crippen molar-refractivity contribution < 1.29 is 9.21 Å². The van der Waals surface area contributed by atoms with E-state index < -0.39 is 0 Å². The molecule has 0 aliphatic carbocycles. The summed E-state index contributed by atoms with van der Waals surface area (Å²) in [5.74, 6) is 1.47. The van der Waals surface area contributed by atoms with E-state index in [1.165, 1.54) is 11.8 Å². The summed E-state index contributed by atoms with van der Waals surface area (Å²) in [5.41, 5.74) is 1.74. The van der Waals surface area contributed by atoms with Crippen LogP contribution in [-0.2, 0) is 11.2 Å². The normalized spacial score (nSPS) is 16.6. The molecule has 1 aromatic heterocycles. The highest BCUT2D eigenvalue weighted by atomic mass is 32.2. The predicted molar refractivity (Wildman–Crippen MR) is 84.7 cm³/mol. The fourth-order valence-corrected chi connectivity index (χ4v) is 2.38. The maximum absolute atomic E-state index is 11.0. The summed E-state index contributed by atoms with van der Waals surface area (Å²) in [5, 5.41) is 19.0. The minimum absolute atomic E-state index is 0.0469. The Bertz CT molecular complexity index is 736. The summed E-state index contributed by atoms with van der Waals surface area (Å²) in [4.78, 5) is 11.0. The molecule has 1 fully saturated rings. The summed E-state index contributed by atoms with van der Waals surface area (Å²) in [6.07, 6.45) is 2.33. The Morgan fingerprint density at radius 2 is 2.18 bits per heavy atom. The number of benzene rings is 1. The van der Waals surface area contributed by atoms with Gasteiger partial charge in [-0.3, -0.25) is 4.79 Å². The molecule has 22 heavy (non-hydrogen) atoms. The van der Waals surface area contributed by atoms with Crippen LogP contribution >= 0.6 is 11.8 Å². The molecule has 1 N–H and O–H groups in total. The van der Waals surface area contributed by atoms with Crippen molar-refractivity contribution >= 4 is 29.1 Å². The number of aryl methyl sites for hydroxylation is 1. The highest BCUT2D eigenvalue weighted by molar-refractivity contribution is 8.15. The minimum Gasteiger partial charge on any atom is -0.421 e. The summed E-state index contributed by atoms with van der Waals surface area (Å²) in [7, 11) is 0. The van der Waals surface area contributed by atoms with Crippen LogP contribution in [0.25, 0.3) is 11.5 Å². The molecule has 1 amide bonds. The van der Waals surface area contributed by atoms with Crippen molar-refractivity contribution in [3.8, 4) is 11.5 Å². The highest BCUT2D eigenvalue weighted by Crippen LogP contribution is 2.18. The zero-order chi connectivity index (χ0) is 15.4. The first-order valence-electron chi connectivity index (χ1n) is 6.71. The molecule has 1 aliphatic heterocycles. The number of hydrogen-bond acceptors (Lipinski definition) is 7. The number of carbonyl (C=O) groups excluding carboxylic acids is 1. The van der Waals surface area contributed by atoms with E-state index in [0.29, 0.717) is 29.1 Å². The molecule has 2 aromatic rings. The quantitative estimate of drug-likeness (QED) is 0.686. The van der Waals surface area contributed by atoms with Crippen LogP contribution in [-0.4, -0.2) is 33.2 Å². The topological polar surface area (TPSA) is 92.7 Å². The SMILES string of the molecule is CCc1nnc(-c2ccc(C=NN=C3NC(=O)CS3)cc2)o1. The standard InChI is InChI=1S/C14H13N5O2S/c1-2-12-17-18-13(21-12)10-5-3-9(4-6-10)7-15-19-14-16-11(20)8-22-14/h3-7H,2,8H2,1H3,(H,16,19,20). The number of amidine groups is 1. The van der Waals surface area contributed by atoms with E-state index in [1.807, 2.05) is 31.2 Å². The third kappa shape index (κ3) is 3.40. The van der Waals surface area contributed by atoms with E-state index in [2.05, 4.69) is 25.7 Å². The number of rotatable bonds is 4. The van der Waals surface area contributed by atoms with Gasteiger partial charge in [0, 0.05) is 12.0 Å². The van der Waals surface area contributed by atoms with Gasteiger partial charge in [0.05, 0.1) is 12.0 Å². The Morgan fingerprint density at radius 3 is 2.82 bits per heavy atom. The minimum atomic E-state index is -0.0469. The van der Waals surface area contributed by atoms with Gasteiger partial charge in [-0.05, 0) is 17.7 Å². The molecule has 0 spiro atoms. The lowest BCUT2D eigenvalue weighted by molar-refractivity contribution is -0.116. The van der Waals surface area contributed by atoms with Gasteiger partial charge in [-0.2, -0.15) is 5.10 Å². The lowest BCUT2D eigenvalue weighted by atomic mass is 10.1. The molecule has 1 saturated heterocycles. The van der Waals surface area contributed by atoms with E-state index in [1.54, 1.807) is 6.21 Å². The molecule has 8 heteroatoms. The molecular weight excluding hydrogens is 302 g/mol. The van der Waals surface area contributed by atoms with Crippen molar-refractivity contribution in [2.24, 2.45) is 10.2 Å². The second-order valence-corrected chi connectivity index (χ2v) is 5.43. The molecule has 0 saturated carbocycles. The Labute approximate surface area is 130 Å². The van der Waals surface area contributed by atoms with Crippen LogP contribution in [0.3, 0.4) is 0 Å². The van der Waals surface area contributed by atoms with Gasteiger partial charge in [-0.25, -0.2) is 0 Å². The van der Waals surface area contributed by atoms with Gasteiger partial charge in [-0.1, -0.05) is 30.8 Å². The molecule has 1 aliphatic rings. The Morgan fingerprint density at radius 1 is 1.36 bits per heavy atom. The number of aromatic nitrogens is 2. The van der Waals surface area contributed by atoms with Crippen LogP contribution in [0.5, 0.6) is 0 Å². The first-order valence-corrected chi connectivity index (χ1v) is 7.69. The zero-order valence-electron chi connectivity index (χ0n) is 11.8. The first kappa shape index (κ1) is 14.5. The van der Waals surface area contributed by atoms with Gasteiger partial charge in [0.25, 0.3) is 0 Å². The van der Waals surface area contributed by atoms with Gasteiger partial charge in [-0.15, -0.1) is 15.3 Å². The van der Waals surface area contributed by atoms with Crippen molar-refractivity contribution in [3.63, 3.8) is 0 Å². The van der Waals surface area contributed by atoms with Gasteiger partial charge in [0.15, 0.2) is 5.17 Å². The Balaban J connectivity index is 1.67. The van der Waals surface area contributed by atoms with Crippen LogP contribution in [0, 0.1) is 0 Å². The van der Waals surface area contributed by atoms with E-state index in [0.717, 1.165) is 11.1 Å². The van der Waals surface area contributed by atoms with Crippen molar-refractivity contribution in [2.45, 2.75) is 13.3 Å². The number of hydrogen-bond donors (Lipinski definition) is 1. The van der Waals surface area contributed by atoms with Crippen molar-refractivity contribution in [3.05, 3.63) is 35.7 Å². The summed E-state index contributed by atoms with van der Waals surface area (Å²) in [6, 6.07) is 7.53. The molecule has 0 unspecified atom stereocenters. The van der Waals surface area contributed by atoms with E-state index >= 15 is 0 Å². The van der Waals surface area contributed by atoms with Crippen LogP contribution < -0.4 is 5.32 Å². The van der Waals surface area contributed by atoms with Gasteiger partial charge >= 0.3 is 0 Å². The van der Waals surface area contributed by atoms with Crippen LogP contribution in [0.4, 0.5) is 0 Å². The molecule has 3 rings (SSSR count). The average molecular weight is 315 g/mol. The smallest absolute Gasteiger partial charge is 0.247 e. The Hall–Kier alpha value is -2.48. The van der Waals surface area contributed by atoms with E-state index in [9.17, 15) is 4.79 Å². The lowest BCUT2D eigenvalue weighted by Crippen LogP contribution is -2.19. The second-order valence-electron chi connectivity index (χ2n) is 4.46. The average Bonchev–Trinajstić information content (AvgIpc) is 3.17. The van der Waals surface area contributed by atoms with Crippen LogP contribution in [0.15, 0.2) is 38.9 Å². The fourth-order valence-electron chi connectivity index (χ4n) is 1.75. The van der Waals surface area contributed by atoms with Crippen LogP contribution in [0.1, 0.15) is 18.4 Å². The van der Waals surface area contributed by atoms with Gasteiger partial charge in [0.1, 0.15) is 0 Å². The maximum Gasteiger partial charge on any atom is 0.247 e. The monoisotopic (exact) mass is 315 g/mol. The third-order valence-electron chi connectivity index (χ3n) is 2.87. The van der Waals surface area contributed by atoms with Crippen molar-refractivity contribution in [2.75, 3.05) is 5.75 Å². The zero-order valence-corrected chi connectivity index (χ0v) is 12.6. The molecule has 1 aromatic carbocycles. The Kier molecular flexibility index (Phi) is 4.29. The maximum atomic E-state index is 11.0. The second kappa shape index (κ2) is 6.52. The third-order valence-corrected chi connectivity index (χ3v) is 3.73. The molecule has 112 valence electrons. The molecule has 0 atom stereocenters. The van der Waals surface area contributed by atoms with E-state index in [-0.39, 0.29) is 5.91 Å². The van der Waals surface area contributed by atoms with Crippen molar-refractivity contribution in [1.29, 1.82) is 0 Å². The molecular formula is C14H13N5O2S. The number of nitrogens with zero attached hydrogens (tertiary/aromatic N) is 4. The summed E-state index contributed by atoms with van der Waals surface area (Å²) in [6.45, 7) is 1.96. The first-order chi connectivity index (χ1) is 10.7. The molecule has 2 heterocycles. The largest absolute Gasteiger partial charge is 0.421 e. The molecule has 0 bridgehead atoms. The van der Waals surface area contributed by atoms with Crippen LogP contribution in [0.2, 0.25) is 0 Å². The number of nitrogens with one attached hydrogen (secondary N) is 1. The number of amides is 1. The van der Waals surface area contributed by atoms with Crippen molar-refractivity contribution in [1.82, 2.24) is 15.5 Å². The van der Waals surface area contributed by atoms with Gasteiger partial charge < -0.3 is 9.73 Å². The number of thioether (sulfide) groups is 1. The number of carbonyl (C=O) groups is 1. The summed E-state index contributed by atoms with van der Waals surface area (Å²) < 4.78 is 5.50. The fraction of sp³-hybridized carbons (Fsp3) is 0.214. The predicted octanol–water partition coefficient (Wildman–Crippen LogP) is 1.85.